The van der Waals surface area contributed by atoms with Crippen LogP contribution in [0.1, 0.15) is 16.7 Å². The third kappa shape index (κ3) is 2.91. The average Bonchev–Trinajstić information content (AvgIpc) is 2.38. The summed E-state index contributed by atoms with van der Waals surface area (Å²) in [6.45, 7) is 1.73. The monoisotopic (exact) mass is 277 g/mol. The first kappa shape index (κ1) is 13.9. The van der Waals surface area contributed by atoms with Gasteiger partial charge < -0.3 is 4.74 Å². The smallest absolute Gasteiger partial charge is 0.416 e. The molecule has 0 amide bonds. The number of benzene rings is 2. The molecule has 0 fully saturated rings. The van der Waals surface area contributed by atoms with Crippen molar-refractivity contribution in [1.29, 1.82) is 5.26 Å². The lowest BCUT2D eigenvalue weighted by Gasteiger charge is -2.11. The highest BCUT2D eigenvalue weighted by molar-refractivity contribution is 5.50. The first-order valence-electron chi connectivity index (χ1n) is 5.76. The SMILES string of the molecule is Cc1cccc(Oc2cccc(C(F)(F)F)c2)c1C#N. The van der Waals surface area contributed by atoms with Crippen LogP contribution in [0.4, 0.5) is 13.2 Å². The Morgan fingerprint density at radius 3 is 2.45 bits per heavy atom. The number of rotatable bonds is 2. The van der Waals surface area contributed by atoms with Crippen LogP contribution in [0.5, 0.6) is 11.5 Å². The van der Waals surface area contributed by atoms with E-state index < -0.39 is 11.7 Å². The predicted octanol–water partition coefficient (Wildman–Crippen LogP) is 4.68. The second kappa shape index (κ2) is 5.25. The summed E-state index contributed by atoms with van der Waals surface area (Å²) in [6, 6.07) is 11.5. The zero-order valence-corrected chi connectivity index (χ0v) is 10.5. The van der Waals surface area contributed by atoms with Gasteiger partial charge in [-0.05, 0) is 36.8 Å². The van der Waals surface area contributed by atoms with E-state index in [1.165, 1.54) is 12.1 Å². The fraction of sp³-hybridized carbons (Fsp3) is 0.133. The summed E-state index contributed by atoms with van der Waals surface area (Å²) in [5, 5.41) is 9.05. The molecule has 0 aliphatic heterocycles. The van der Waals surface area contributed by atoms with E-state index >= 15 is 0 Å². The summed E-state index contributed by atoms with van der Waals surface area (Å²) in [5.41, 5.74) is 0.225. The molecule has 0 N–H and O–H groups in total. The van der Waals surface area contributed by atoms with Gasteiger partial charge in [-0.1, -0.05) is 18.2 Å². The topological polar surface area (TPSA) is 33.0 Å². The number of aryl methyl sites for hydroxylation is 1. The van der Waals surface area contributed by atoms with Gasteiger partial charge in [-0.25, -0.2) is 0 Å². The molecule has 2 aromatic carbocycles. The van der Waals surface area contributed by atoms with E-state index in [1.807, 2.05) is 6.07 Å². The van der Waals surface area contributed by atoms with Gasteiger partial charge in [0, 0.05) is 0 Å². The molecule has 2 aromatic rings. The zero-order valence-electron chi connectivity index (χ0n) is 10.5. The van der Waals surface area contributed by atoms with Crippen LogP contribution in [0.15, 0.2) is 42.5 Å². The number of ether oxygens (including phenoxy) is 1. The van der Waals surface area contributed by atoms with Crippen LogP contribution in [-0.4, -0.2) is 0 Å². The first-order chi connectivity index (χ1) is 9.41. The second-order valence-electron chi connectivity index (χ2n) is 4.19. The lowest BCUT2D eigenvalue weighted by Crippen LogP contribution is -2.04. The fourth-order valence-corrected chi connectivity index (χ4v) is 1.73. The summed E-state index contributed by atoms with van der Waals surface area (Å²) in [6.07, 6.45) is -4.43. The fourth-order valence-electron chi connectivity index (χ4n) is 1.73. The number of hydrogen-bond acceptors (Lipinski definition) is 2. The molecule has 0 aliphatic rings. The molecule has 0 saturated carbocycles. The number of halogens is 3. The molecular weight excluding hydrogens is 267 g/mol. The van der Waals surface area contributed by atoms with E-state index in [1.54, 1.807) is 25.1 Å². The summed E-state index contributed by atoms with van der Waals surface area (Å²) in [4.78, 5) is 0. The third-order valence-corrected chi connectivity index (χ3v) is 2.74. The highest BCUT2D eigenvalue weighted by Crippen LogP contribution is 2.33. The molecule has 0 radical (unpaired) electrons. The van der Waals surface area contributed by atoms with Gasteiger partial charge in [0.05, 0.1) is 11.1 Å². The average molecular weight is 277 g/mol. The number of nitriles is 1. The van der Waals surface area contributed by atoms with Gasteiger partial charge in [-0.15, -0.1) is 0 Å². The standard InChI is InChI=1S/C15H10F3NO/c1-10-4-2-7-14(13(10)9-19)20-12-6-3-5-11(8-12)15(16,17)18/h2-8H,1H3. The Kier molecular flexibility index (Phi) is 3.66. The minimum atomic E-state index is -4.43. The lowest BCUT2D eigenvalue weighted by atomic mass is 10.1. The summed E-state index contributed by atoms with van der Waals surface area (Å²) >= 11 is 0. The van der Waals surface area contributed by atoms with Gasteiger partial charge in [-0.3, -0.25) is 0 Å². The summed E-state index contributed by atoms with van der Waals surface area (Å²) in [7, 11) is 0. The van der Waals surface area contributed by atoms with Crippen LogP contribution in [0.25, 0.3) is 0 Å². The van der Waals surface area contributed by atoms with Crippen molar-refractivity contribution in [3.05, 3.63) is 59.2 Å². The molecule has 0 heterocycles. The molecule has 2 rings (SSSR count). The minimum Gasteiger partial charge on any atom is -0.456 e. The normalized spacial score (nSPS) is 10.9. The molecule has 0 atom stereocenters. The Labute approximate surface area is 114 Å². The van der Waals surface area contributed by atoms with E-state index in [2.05, 4.69) is 0 Å². The Balaban J connectivity index is 2.37. The highest BCUT2D eigenvalue weighted by Gasteiger charge is 2.30. The predicted molar refractivity (Wildman–Crippen MR) is 67.4 cm³/mol. The summed E-state index contributed by atoms with van der Waals surface area (Å²) < 4.78 is 43.2. The van der Waals surface area contributed by atoms with Crippen molar-refractivity contribution >= 4 is 0 Å². The molecule has 0 spiro atoms. The van der Waals surface area contributed by atoms with Gasteiger partial charge in [0.25, 0.3) is 0 Å². The third-order valence-electron chi connectivity index (χ3n) is 2.74. The van der Waals surface area contributed by atoms with Crippen molar-refractivity contribution in [1.82, 2.24) is 0 Å². The molecule has 0 saturated heterocycles. The molecular formula is C15H10F3NO. The van der Waals surface area contributed by atoms with E-state index in [4.69, 9.17) is 10.00 Å². The largest absolute Gasteiger partial charge is 0.456 e. The lowest BCUT2D eigenvalue weighted by molar-refractivity contribution is -0.137. The maximum Gasteiger partial charge on any atom is 0.416 e. The Bertz CT molecular complexity index is 672. The number of alkyl halides is 3. The number of nitrogens with zero attached hydrogens (tertiary/aromatic N) is 1. The molecule has 0 unspecified atom stereocenters. The number of hydrogen-bond donors (Lipinski definition) is 0. The zero-order chi connectivity index (χ0) is 14.8. The molecule has 0 bridgehead atoms. The van der Waals surface area contributed by atoms with Gasteiger partial charge >= 0.3 is 6.18 Å². The van der Waals surface area contributed by atoms with Crippen molar-refractivity contribution < 1.29 is 17.9 Å². The quantitative estimate of drug-likeness (QED) is 0.798. The Morgan fingerprint density at radius 2 is 1.80 bits per heavy atom. The Hall–Kier alpha value is -2.48. The maximum absolute atomic E-state index is 12.6. The van der Waals surface area contributed by atoms with Crippen molar-refractivity contribution in [3.8, 4) is 17.6 Å². The van der Waals surface area contributed by atoms with E-state index in [9.17, 15) is 13.2 Å². The first-order valence-corrected chi connectivity index (χ1v) is 5.76. The van der Waals surface area contributed by atoms with Crippen LogP contribution in [0, 0.1) is 18.3 Å². The van der Waals surface area contributed by atoms with Gasteiger partial charge in [0.1, 0.15) is 17.6 Å². The van der Waals surface area contributed by atoms with Gasteiger partial charge in [0.15, 0.2) is 0 Å². The molecule has 2 nitrogen and oxygen atoms in total. The molecule has 0 aliphatic carbocycles. The van der Waals surface area contributed by atoms with E-state index in [0.29, 0.717) is 11.1 Å². The maximum atomic E-state index is 12.6. The van der Waals surface area contributed by atoms with Crippen LogP contribution in [0.2, 0.25) is 0 Å². The van der Waals surface area contributed by atoms with Crippen molar-refractivity contribution in [2.45, 2.75) is 13.1 Å². The van der Waals surface area contributed by atoms with E-state index in [0.717, 1.165) is 12.1 Å². The van der Waals surface area contributed by atoms with Crippen molar-refractivity contribution in [2.75, 3.05) is 0 Å². The molecule has 20 heavy (non-hydrogen) atoms. The van der Waals surface area contributed by atoms with Gasteiger partial charge in [0.2, 0.25) is 0 Å². The van der Waals surface area contributed by atoms with Crippen molar-refractivity contribution in [2.24, 2.45) is 0 Å². The van der Waals surface area contributed by atoms with Crippen LogP contribution >= 0.6 is 0 Å². The van der Waals surface area contributed by atoms with Gasteiger partial charge in [-0.2, -0.15) is 18.4 Å². The highest BCUT2D eigenvalue weighted by atomic mass is 19.4. The van der Waals surface area contributed by atoms with Crippen LogP contribution in [0.3, 0.4) is 0 Å². The van der Waals surface area contributed by atoms with E-state index in [-0.39, 0.29) is 11.5 Å². The minimum absolute atomic E-state index is 0.0434. The van der Waals surface area contributed by atoms with Crippen LogP contribution in [-0.2, 0) is 6.18 Å². The molecule has 102 valence electrons. The second-order valence-corrected chi connectivity index (χ2v) is 4.19. The Morgan fingerprint density at radius 1 is 1.10 bits per heavy atom. The van der Waals surface area contributed by atoms with Crippen LogP contribution < -0.4 is 4.74 Å². The summed E-state index contributed by atoms with van der Waals surface area (Å²) in [5.74, 6) is 0.286. The molecule has 0 aromatic heterocycles. The van der Waals surface area contributed by atoms with Crippen molar-refractivity contribution in [3.63, 3.8) is 0 Å². The molecule has 5 heteroatoms.